The average molecular weight is 275 g/mol. The first-order valence-electron chi connectivity index (χ1n) is 5.44. The highest BCUT2D eigenvalue weighted by Gasteiger charge is 2.28. The lowest BCUT2D eigenvalue weighted by Gasteiger charge is -2.24. The number of carbonyl (C=O) groups is 2. The number of hydrogen-bond acceptors (Lipinski definition) is 2. The van der Waals surface area contributed by atoms with Crippen LogP contribution in [0.15, 0.2) is 12.1 Å². The Hall–Kier alpha value is -2.05. The Kier molecular flexibility index (Phi) is 4.52. The number of nitrogens with zero attached hydrogens (tertiary/aromatic N) is 1. The summed E-state index contributed by atoms with van der Waals surface area (Å²) in [6.07, 6.45) is 0.100. The molecule has 19 heavy (non-hydrogen) atoms. The molecule has 0 aliphatic rings. The van der Waals surface area contributed by atoms with Crippen molar-refractivity contribution in [3.63, 3.8) is 0 Å². The van der Waals surface area contributed by atoms with Crippen LogP contribution in [0, 0.1) is 17.5 Å². The number of amides is 1. The summed E-state index contributed by atoms with van der Waals surface area (Å²) in [4.78, 5) is 23.5. The number of carboxylic acids is 1. The molecule has 1 aromatic rings. The predicted octanol–water partition coefficient (Wildman–Crippen LogP) is 2.04. The second-order valence-electron chi connectivity index (χ2n) is 3.90. The highest BCUT2D eigenvalue weighted by atomic mass is 19.2. The monoisotopic (exact) mass is 275 g/mol. The van der Waals surface area contributed by atoms with Gasteiger partial charge in [0.15, 0.2) is 17.5 Å². The van der Waals surface area contributed by atoms with E-state index in [9.17, 15) is 22.8 Å². The Bertz CT molecular complexity index is 519. The summed E-state index contributed by atoms with van der Waals surface area (Å²) in [7, 11) is 1.16. The first-order valence-corrected chi connectivity index (χ1v) is 5.44. The molecule has 0 bridgehead atoms. The van der Waals surface area contributed by atoms with Gasteiger partial charge in [0, 0.05) is 7.05 Å². The van der Waals surface area contributed by atoms with E-state index in [-0.39, 0.29) is 6.42 Å². The predicted molar refractivity (Wildman–Crippen MR) is 60.1 cm³/mol. The van der Waals surface area contributed by atoms with Gasteiger partial charge in [0.05, 0.1) is 5.56 Å². The highest BCUT2D eigenvalue weighted by Crippen LogP contribution is 2.18. The van der Waals surface area contributed by atoms with Gasteiger partial charge in [-0.15, -0.1) is 0 Å². The number of carbonyl (C=O) groups excluding carboxylic acids is 1. The standard InChI is InChI=1S/C12H12F3NO3/c1-3-8(12(18)19)16(2)11(17)6-4-5-7(13)10(15)9(6)14/h4-5,8H,3H2,1-2H3,(H,18,19). The molecule has 0 saturated heterocycles. The van der Waals surface area contributed by atoms with Crippen molar-refractivity contribution < 1.29 is 27.9 Å². The van der Waals surface area contributed by atoms with Crippen LogP contribution >= 0.6 is 0 Å². The van der Waals surface area contributed by atoms with E-state index in [1.807, 2.05) is 0 Å². The fourth-order valence-electron chi connectivity index (χ4n) is 1.64. The molecule has 0 spiro atoms. The van der Waals surface area contributed by atoms with Gasteiger partial charge in [-0.05, 0) is 18.6 Å². The third-order valence-electron chi connectivity index (χ3n) is 2.73. The Morgan fingerprint density at radius 3 is 2.32 bits per heavy atom. The Labute approximate surface area is 107 Å². The Morgan fingerprint density at radius 2 is 1.84 bits per heavy atom. The van der Waals surface area contributed by atoms with Gasteiger partial charge >= 0.3 is 5.97 Å². The van der Waals surface area contributed by atoms with Crippen molar-refractivity contribution in [1.82, 2.24) is 4.90 Å². The molecule has 1 rings (SSSR count). The number of likely N-dealkylation sites (N-methyl/N-ethyl adjacent to an activating group) is 1. The van der Waals surface area contributed by atoms with Gasteiger partial charge in [0.1, 0.15) is 6.04 Å². The summed E-state index contributed by atoms with van der Waals surface area (Å²) in [6.45, 7) is 1.53. The first-order chi connectivity index (χ1) is 8.81. The lowest BCUT2D eigenvalue weighted by molar-refractivity contribution is -0.142. The first kappa shape index (κ1) is 15.0. The summed E-state index contributed by atoms with van der Waals surface area (Å²) in [5.74, 6) is -7.09. The van der Waals surface area contributed by atoms with Crippen LogP contribution in [0.4, 0.5) is 13.2 Å². The molecule has 4 nitrogen and oxygen atoms in total. The third kappa shape index (κ3) is 2.86. The van der Waals surface area contributed by atoms with Crippen molar-refractivity contribution in [3.8, 4) is 0 Å². The maximum atomic E-state index is 13.4. The van der Waals surface area contributed by atoms with Crippen LogP contribution in [0.5, 0.6) is 0 Å². The topological polar surface area (TPSA) is 57.6 Å². The molecule has 1 aromatic carbocycles. The molecule has 0 aliphatic carbocycles. The number of aliphatic carboxylic acids is 1. The van der Waals surface area contributed by atoms with Crippen LogP contribution < -0.4 is 0 Å². The number of carboxylic acid groups (broad SMARTS) is 1. The van der Waals surface area contributed by atoms with Crippen LogP contribution in [0.3, 0.4) is 0 Å². The van der Waals surface area contributed by atoms with Crippen molar-refractivity contribution in [2.45, 2.75) is 19.4 Å². The molecular weight excluding hydrogens is 263 g/mol. The van der Waals surface area contributed by atoms with Crippen LogP contribution in [0.25, 0.3) is 0 Å². The molecule has 0 heterocycles. The molecule has 0 radical (unpaired) electrons. The largest absolute Gasteiger partial charge is 0.480 e. The van der Waals surface area contributed by atoms with E-state index >= 15 is 0 Å². The van der Waals surface area contributed by atoms with Gasteiger partial charge in [0.25, 0.3) is 5.91 Å². The highest BCUT2D eigenvalue weighted by molar-refractivity contribution is 5.96. The minimum atomic E-state index is -1.76. The summed E-state index contributed by atoms with van der Waals surface area (Å²) >= 11 is 0. The maximum Gasteiger partial charge on any atom is 0.326 e. The second-order valence-corrected chi connectivity index (χ2v) is 3.90. The van der Waals surface area contributed by atoms with E-state index < -0.39 is 40.9 Å². The van der Waals surface area contributed by atoms with E-state index in [2.05, 4.69) is 0 Å². The summed E-state index contributed by atoms with van der Waals surface area (Å²) < 4.78 is 39.2. The zero-order valence-corrected chi connectivity index (χ0v) is 10.3. The van der Waals surface area contributed by atoms with E-state index in [1.165, 1.54) is 6.92 Å². The number of rotatable bonds is 4. The van der Waals surface area contributed by atoms with Crippen molar-refractivity contribution in [1.29, 1.82) is 0 Å². The minimum absolute atomic E-state index is 0.100. The molecule has 0 aromatic heterocycles. The van der Waals surface area contributed by atoms with E-state index in [0.29, 0.717) is 6.07 Å². The zero-order chi connectivity index (χ0) is 14.7. The van der Waals surface area contributed by atoms with Crippen LogP contribution in [-0.4, -0.2) is 35.0 Å². The summed E-state index contributed by atoms with van der Waals surface area (Å²) in [6, 6.07) is 0.225. The quantitative estimate of drug-likeness (QED) is 0.855. The third-order valence-corrected chi connectivity index (χ3v) is 2.73. The van der Waals surface area contributed by atoms with E-state index in [1.54, 1.807) is 0 Å². The molecule has 1 N–H and O–H groups in total. The van der Waals surface area contributed by atoms with Gasteiger partial charge in [-0.2, -0.15) is 0 Å². The zero-order valence-electron chi connectivity index (χ0n) is 10.3. The molecule has 0 fully saturated rings. The fraction of sp³-hybridized carbons (Fsp3) is 0.333. The lowest BCUT2D eigenvalue weighted by Crippen LogP contribution is -2.42. The van der Waals surface area contributed by atoms with E-state index in [4.69, 9.17) is 5.11 Å². The fourth-order valence-corrected chi connectivity index (χ4v) is 1.64. The molecule has 1 atom stereocenters. The van der Waals surface area contributed by atoms with Crippen LogP contribution in [0.1, 0.15) is 23.7 Å². The molecular formula is C12H12F3NO3. The van der Waals surface area contributed by atoms with Crippen LogP contribution in [-0.2, 0) is 4.79 Å². The smallest absolute Gasteiger partial charge is 0.326 e. The van der Waals surface area contributed by atoms with Crippen molar-refractivity contribution >= 4 is 11.9 Å². The van der Waals surface area contributed by atoms with Crippen LogP contribution in [0.2, 0.25) is 0 Å². The Balaban J connectivity index is 3.14. The molecule has 1 amide bonds. The van der Waals surface area contributed by atoms with Gasteiger partial charge in [-0.3, -0.25) is 4.79 Å². The Morgan fingerprint density at radius 1 is 1.26 bits per heavy atom. The SMILES string of the molecule is CCC(C(=O)O)N(C)C(=O)c1ccc(F)c(F)c1F. The van der Waals surface area contributed by atoms with Crippen molar-refractivity contribution in [2.24, 2.45) is 0 Å². The number of hydrogen-bond donors (Lipinski definition) is 1. The number of benzene rings is 1. The molecule has 0 aliphatic heterocycles. The van der Waals surface area contributed by atoms with Gasteiger partial charge in [0.2, 0.25) is 0 Å². The molecule has 7 heteroatoms. The second kappa shape index (κ2) is 5.73. The summed E-state index contributed by atoms with van der Waals surface area (Å²) in [5.41, 5.74) is -0.707. The van der Waals surface area contributed by atoms with Gasteiger partial charge in [-0.1, -0.05) is 6.92 Å². The minimum Gasteiger partial charge on any atom is -0.480 e. The van der Waals surface area contributed by atoms with Gasteiger partial charge in [-0.25, -0.2) is 18.0 Å². The normalized spacial score (nSPS) is 12.1. The van der Waals surface area contributed by atoms with Crippen molar-refractivity contribution in [2.75, 3.05) is 7.05 Å². The average Bonchev–Trinajstić information content (AvgIpc) is 2.35. The van der Waals surface area contributed by atoms with Gasteiger partial charge < -0.3 is 10.0 Å². The summed E-state index contributed by atoms with van der Waals surface area (Å²) in [5, 5.41) is 8.89. The maximum absolute atomic E-state index is 13.4. The molecule has 1 unspecified atom stereocenters. The lowest BCUT2D eigenvalue weighted by atomic mass is 10.1. The number of halogens is 3. The van der Waals surface area contributed by atoms with Crippen molar-refractivity contribution in [3.05, 3.63) is 35.1 Å². The van der Waals surface area contributed by atoms with E-state index in [0.717, 1.165) is 18.0 Å². The molecule has 104 valence electrons. The molecule has 0 saturated carbocycles.